The SMILES string of the molecule is COC(=O)c1ccc(C2=CCCCC2)c(OC(F)(F)F)c1. The van der Waals surface area contributed by atoms with Gasteiger partial charge in [0.05, 0.1) is 12.7 Å². The number of ether oxygens (including phenoxy) is 2. The summed E-state index contributed by atoms with van der Waals surface area (Å²) in [5, 5.41) is 0. The number of rotatable bonds is 3. The van der Waals surface area contributed by atoms with Gasteiger partial charge in [0.15, 0.2) is 0 Å². The zero-order valence-electron chi connectivity index (χ0n) is 11.5. The van der Waals surface area contributed by atoms with Gasteiger partial charge in [0, 0.05) is 5.56 Å². The molecule has 1 aliphatic carbocycles. The van der Waals surface area contributed by atoms with E-state index in [9.17, 15) is 18.0 Å². The number of benzene rings is 1. The molecule has 0 fully saturated rings. The predicted molar refractivity (Wildman–Crippen MR) is 70.9 cm³/mol. The lowest BCUT2D eigenvalue weighted by Gasteiger charge is -2.18. The second kappa shape index (κ2) is 6.20. The molecule has 0 atom stereocenters. The minimum absolute atomic E-state index is 0.0249. The van der Waals surface area contributed by atoms with Crippen LogP contribution in [0, 0.1) is 0 Å². The lowest BCUT2D eigenvalue weighted by molar-refractivity contribution is -0.274. The molecular weight excluding hydrogens is 285 g/mol. The number of allylic oxidation sites excluding steroid dienone is 2. The van der Waals surface area contributed by atoms with Crippen molar-refractivity contribution in [1.29, 1.82) is 0 Å². The van der Waals surface area contributed by atoms with Crippen molar-refractivity contribution in [2.75, 3.05) is 7.11 Å². The summed E-state index contributed by atoms with van der Waals surface area (Å²) in [5.41, 5.74) is 1.22. The number of esters is 1. The van der Waals surface area contributed by atoms with Gasteiger partial charge in [-0.3, -0.25) is 0 Å². The van der Waals surface area contributed by atoms with Gasteiger partial charge in [-0.25, -0.2) is 4.79 Å². The third-order valence-corrected chi connectivity index (χ3v) is 3.27. The number of alkyl halides is 3. The third-order valence-electron chi connectivity index (χ3n) is 3.27. The first kappa shape index (κ1) is 15.4. The molecule has 0 heterocycles. The Labute approximate surface area is 120 Å². The number of carbonyl (C=O) groups excluding carboxylic acids is 1. The predicted octanol–water partition coefficient (Wildman–Crippen LogP) is 4.33. The molecule has 21 heavy (non-hydrogen) atoms. The van der Waals surface area contributed by atoms with Gasteiger partial charge in [0.2, 0.25) is 0 Å². The minimum Gasteiger partial charge on any atom is -0.465 e. The highest BCUT2D eigenvalue weighted by Gasteiger charge is 2.33. The highest BCUT2D eigenvalue weighted by atomic mass is 19.4. The second-order valence-electron chi connectivity index (χ2n) is 4.73. The normalized spacial score (nSPS) is 15.3. The summed E-state index contributed by atoms with van der Waals surface area (Å²) in [7, 11) is 1.17. The summed E-state index contributed by atoms with van der Waals surface area (Å²) in [6, 6.07) is 3.99. The van der Waals surface area contributed by atoms with Crippen molar-refractivity contribution < 1.29 is 27.4 Å². The maximum absolute atomic E-state index is 12.5. The van der Waals surface area contributed by atoms with E-state index in [2.05, 4.69) is 9.47 Å². The molecule has 0 unspecified atom stereocenters. The minimum atomic E-state index is -4.81. The Morgan fingerprint density at radius 1 is 1.24 bits per heavy atom. The van der Waals surface area contributed by atoms with E-state index < -0.39 is 12.3 Å². The molecule has 0 spiro atoms. The standard InChI is InChI=1S/C15H15F3O3/c1-20-14(19)11-7-8-12(10-5-3-2-4-6-10)13(9-11)21-15(16,17)18/h5,7-9H,2-4,6H2,1H3. The summed E-state index contributed by atoms with van der Waals surface area (Å²) in [5.74, 6) is -1.07. The van der Waals surface area contributed by atoms with Crippen molar-refractivity contribution in [1.82, 2.24) is 0 Å². The second-order valence-corrected chi connectivity index (χ2v) is 4.73. The number of hydrogen-bond acceptors (Lipinski definition) is 3. The first-order chi connectivity index (χ1) is 9.90. The van der Waals surface area contributed by atoms with Crippen LogP contribution in [0.2, 0.25) is 0 Å². The van der Waals surface area contributed by atoms with Gasteiger partial charge in [-0.2, -0.15) is 0 Å². The van der Waals surface area contributed by atoms with Crippen LogP contribution < -0.4 is 4.74 Å². The van der Waals surface area contributed by atoms with E-state index in [4.69, 9.17) is 0 Å². The van der Waals surface area contributed by atoms with Crippen molar-refractivity contribution in [3.05, 3.63) is 35.4 Å². The third kappa shape index (κ3) is 4.00. The fourth-order valence-corrected chi connectivity index (χ4v) is 2.32. The van der Waals surface area contributed by atoms with Crippen LogP contribution in [0.5, 0.6) is 5.75 Å². The van der Waals surface area contributed by atoms with Crippen LogP contribution in [-0.2, 0) is 4.74 Å². The smallest absolute Gasteiger partial charge is 0.465 e. The molecule has 0 amide bonds. The molecule has 0 N–H and O–H groups in total. The van der Waals surface area contributed by atoms with E-state index in [1.807, 2.05) is 6.08 Å². The maximum Gasteiger partial charge on any atom is 0.573 e. The van der Waals surface area contributed by atoms with Crippen molar-refractivity contribution in [2.24, 2.45) is 0 Å². The Balaban J connectivity index is 2.43. The number of hydrogen-bond donors (Lipinski definition) is 0. The summed E-state index contributed by atoms with van der Waals surface area (Å²) in [6.07, 6.45) is 0.596. The van der Waals surface area contributed by atoms with Crippen molar-refractivity contribution >= 4 is 11.5 Å². The number of carbonyl (C=O) groups is 1. The van der Waals surface area contributed by atoms with E-state index in [0.717, 1.165) is 30.9 Å². The average molecular weight is 300 g/mol. The molecule has 0 bridgehead atoms. The zero-order valence-corrected chi connectivity index (χ0v) is 11.5. The fourth-order valence-electron chi connectivity index (χ4n) is 2.32. The molecule has 0 radical (unpaired) electrons. The van der Waals surface area contributed by atoms with Crippen LogP contribution in [0.25, 0.3) is 5.57 Å². The van der Waals surface area contributed by atoms with Gasteiger partial charge in [-0.15, -0.1) is 13.2 Å². The van der Waals surface area contributed by atoms with E-state index in [1.165, 1.54) is 19.2 Å². The van der Waals surface area contributed by atoms with Crippen LogP contribution in [0.4, 0.5) is 13.2 Å². The summed E-state index contributed by atoms with van der Waals surface area (Å²) >= 11 is 0. The Morgan fingerprint density at radius 2 is 2.00 bits per heavy atom. The quantitative estimate of drug-likeness (QED) is 0.779. The first-order valence-electron chi connectivity index (χ1n) is 6.58. The lowest BCUT2D eigenvalue weighted by Crippen LogP contribution is -2.18. The van der Waals surface area contributed by atoms with E-state index in [0.29, 0.717) is 12.0 Å². The highest BCUT2D eigenvalue weighted by Crippen LogP contribution is 2.36. The molecule has 0 aliphatic heterocycles. The molecule has 0 saturated carbocycles. The molecule has 114 valence electrons. The zero-order chi connectivity index (χ0) is 15.5. The van der Waals surface area contributed by atoms with E-state index >= 15 is 0 Å². The monoisotopic (exact) mass is 300 g/mol. The molecule has 1 aliphatic rings. The van der Waals surface area contributed by atoms with Crippen LogP contribution in [0.1, 0.15) is 41.6 Å². The van der Waals surface area contributed by atoms with Crippen molar-refractivity contribution in [3.63, 3.8) is 0 Å². The average Bonchev–Trinajstić information content (AvgIpc) is 2.45. The van der Waals surface area contributed by atoms with Gasteiger partial charge in [0.1, 0.15) is 5.75 Å². The van der Waals surface area contributed by atoms with Crippen LogP contribution in [-0.4, -0.2) is 19.4 Å². The Kier molecular flexibility index (Phi) is 4.55. The summed E-state index contributed by atoms with van der Waals surface area (Å²) < 4.78 is 46.2. The maximum atomic E-state index is 12.5. The molecule has 1 aromatic carbocycles. The van der Waals surface area contributed by atoms with E-state index in [-0.39, 0.29) is 11.3 Å². The van der Waals surface area contributed by atoms with Gasteiger partial charge in [-0.1, -0.05) is 12.1 Å². The molecule has 3 nitrogen and oxygen atoms in total. The van der Waals surface area contributed by atoms with Gasteiger partial charge < -0.3 is 9.47 Å². The Hall–Kier alpha value is -1.98. The van der Waals surface area contributed by atoms with Gasteiger partial charge in [0.25, 0.3) is 0 Å². The first-order valence-corrected chi connectivity index (χ1v) is 6.58. The van der Waals surface area contributed by atoms with Gasteiger partial charge in [-0.05, 0) is 43.4 Å². The molecule has 0 saturated heterocycles. The summed E-state index contributed by atoms with van der Waals surface area (Å²) in [6.45, 7) is 0. The molecule has 2 rings (SSSR count). The fraction of sp³-hybridized carbons (Fsp3) is 0.400. The molecular formula is C15H15F3O3. The topological polar surface area (TPSA) is 35.5 Å². The van der Waals surface area contributed by atoms with Crippen LogP contribution >= 0.6 is 0 Å². The van der Waals surface area contributed by atoms with Crippen molar-refractivity contribution in [3.8, 4) is 5.75 Å². The van der Waals surface area contributed by atoms with E-state index in [1.54, 1.807) is 0 Å². The summed E-state index contributed by atoms with van der Waals surface area (Å²) in [4.78, 5) is 11.4. The molecule has 6 heteroatoms. The number of methoxy groups -OCH3 is 1. The lowest BCUT2D eigenvalue weighted by atomic mass is 9.92. The van der Waals surface area contributed by atoms with Crippen molar-refractivity contribution in [2.45, 2.75) is 32.0 Å². The molecule has 0 aromatic heterocycles. The highest BCUT2D eigenvalue weighted by molar-refractivity contribution is 5.90. The van der Waals surface area contributed by atoms with Gasteiger partial charge >= 0.3 is 12.3 Å². The Morgan fingerprint density at radius 3 is 2.57 bits per heavy atom. The number of halogens is 3. The van der Waals surface area contributed by atoms with Crippen LogP contribution in [0.3, 0.4) is 0 Å². The molecule has 1 aromatic rings. The van der Waals surface area contributed by atoms with Crippen LogP contribution in [0.15, 0.2) is 24.3 Å². The Bertz CT molecular complexity index is 562. The largest absolute Gasteiger partial charge is 0.573 e.